The van der Waals surface area contributed by atoms with Gasteiger partial charge in [-0.25, -0.2) is 4.79 Å². The second-order valence-corrected chi connectivity index (χ2v) is 5.31. The van der Waals surface area contributed by atoms with E-state index >= 15 is 0 Å². The van der Waals surface area contributed by atoms with Crippen LogP contribution < -0.4 is 16.2 Å². The van der Waals surface area contributed by atoms with Gasteiger partial charge in [0.1, 0.15) is 0 Å². The summed E-state index contributed by atoms with van der Waals surface area (Å²) in [6.45, 7) is 4.18. The van der Waals surface area contributed by atoms with Crippen LogP contribution in [0.15, 0.2) is 42.5 Å². The summed E-state index contributed by atoms with van der Waals surface area (Å²) in [5, 5.41) is 3.31. The lowest BCUT2D eigenvalue weighted by Gasteiger charge is -2.16. The van der Waals surface area contributed by atoms with Gasteiger partial charge in [-0.1, -0.05) is 49.7 Å². The summed E-state index contributed by atoms with van der Waals surface area (Å²) in [5.74, 6) is 0. The van der Waals surface area contributed by atoms with Gasteiger partial charge in [0.15, 0.2) is 0 Å². The van der Waals surface area contributed by atoms with Crippen molar-refractivity contribution in [2.24, 2.45) is 0 Å². The summed E-state index contributed by atoms with van der Waals surface area (Å²) >= 11 is 5.89. The zero-order chi connectivity index (χ0) is 15.9. The Labute approximate surface area is 135 Å². The van der Waals surface area contributed by atoms with Crippen LogP contribution in [-0.2, 0) is 12.8 Å². The first kappa shape index (κ1) is 16.2. The second kappa shape index (κ2) is 7.71. The molecule has 0 heterocycles. The highest BCUT2D eigenvalue weighted by Gasteiger charge is 2.07. The average molecular weight is 318 g/mol. The molecule has 3 N–H and O–H groups in total. The summed E-state index contributed by atoms with van der Waals surface area (Å²) in [4.78, 5) is 12.0. The number of carbonyl (C=O) groups is 1. The highest BCUT2D eigenvalue weighted by molar-refractivity contribution is 6.30. The van der Waals surface area contributed by atoms with Crippen LogP contribution in [-0.4, -0.2) is 6.03 Å². The van der Waals surface area contributed by atoms with Crippen LogP contribution in [0.4, 0.5) is 16.2 Å². The molecule has 0 spiro atoms. The number of para-hydroxylation sites is 1. The molecule has 0 bridgehead atoms. The molecule has 2 aromatic carbocycles. The third kappa shape index (κ3) is 4.15. The molecule has 2 rings (SSSR count). The second-order valence-electron chi connectivity index (χ2n) is 4.87. The van der Waals surface area contributed by atoms with Crippen molar-refractivity contribution in [2.75, 3.05) is 10.7 Å². The Morgan fingerprint density at radius 3 is 2.27 bits per heavy atom. The van der Waals surface area contributed by atoms with E-state index in [0.717, 1.165) is 18.5 Å². The van der Waals surface area contributed by atoms with Crippen molar-refractivity contribution < 1.29 is 4.79 Å². The van der Waals surface area contributed by atoms with E-state index in [1.807, 2.05) is 6.07 Å². The number of carbonyl (C=O) groups excluding carboxylic acids is 1. The molecule has 0 aliphatic heterocycles. The molecule has 5 heteroatoms. The SMILES string of the molecule is CCc1cccc(CC)c1NNC(=O)Nc1cccc(Cl)c1. The molecule has 0 saturated heterocycles. The van der Waals surface area contributed by atoms with Crippen LogP contribution >= 0.6 is 11.6 Å². The molecule has 4 nitrogen and oxygen atoms in total. The Morgan fingerprint density at radius 2 is 1.68 bits per heavy atom. The molecule has 0 fully saturated rings. The van der Waals surface area contributed by atoms with Crippen molar-refractivity contribution in [2.45, 2.75) is 26.7 Å². The molecule has 116 valence electrons. The molecule has 22 heavy (non-hydrogen) atoms. The summed E-state index contributed by atoms with van der Waals surface area (Å²) in [7, 11) is 0. The molecule has 2 aromatic rings. The van der Waals surface area contributed by atoms with Gasteiger partial charge in [-0.15, -0.1) is 0 Å². The number of halogens is 1. The van der Waals surface area contributed by atoms with E-state index in [4.69, 9.17) is 11.6 Å². The highest BCUT2D eigenvalue weighted by atomic mass is 35.5. The topological polar surface area (TPSA) is 53.2 Å². The van der Waals surface area contributed by atoms with E-state index in [-0.39, 0.29) is 6.03 Å². The Morgan fingerprint density at radius 1 is 1.05 bits per heavy atom. The Balaban J connectivity index is 2.02. The van der Waals surface area contributed by atoms with Crippen LogP contribution in [0.5, 0.6) is 0 Å². The van der Waals surface area contributed by atoms with E-state index in [1.54, 1.807) is 24.3 Å². The lowest BCUT2D eigenvalue weighted by Crippen LogP contribution is -2.34. The van der Waals surface area contributed by atoms with E-state index in [2.05, 4.69) is 42.1 Å². The molecular formula is C17H20ClN3O. The standard InChI is InChI=1S/C17H20ClN3O/c1-3-12-7-5-8-13(4-2)16(12)20-21-17(22)19-15-10-6-9-14(18)11-15/h5-11,20H,3-4H2,1-2H3,(H2,19,21,22). The molecule has 0 aliphatic rings. The third-order valence-electron chi connectivity index (χ3n) is 3.38. The highest BCUT2D eigenvalue weighted by Crippen LogP contribution is 2.21. The van der Waals surface area contributed by atoms with Crippen molar-refractivity contribution >= 4 is 29.0 Å². The number of benzene rings is 2. The number of aryl methyl sites for hydroxylation is 2. The smallest absolute Gasteiger partial charge is 0.307 e. The number of amides is 2. The maximum absolute atomic E-state index is 12.0. The van der Waals surface area contributed by atoms with Gasteiger partial charge in [0, 0.05) is 10.7 Å². The van der Waals surface area contributed by atoms with E-state index in [1.165, 1.54) is 11.1 Å². The number of anilines is 2. The van der Waals surface area contributed by atoms with Gasteiger partial charge in [-0.3, -0.25) is 10.9 Å². The predicted molar refractivity (Wildman–Crippen MR) is 92.4 cm³/mol. The quantitative estimate of drug-likeness (QED) is 0.705. The molecule has 0 saturated carbocycles. The van der Waals surface area contributed by atoms with Crippen molar-refractivity contribution in [1.29, 1.82) is 0 Å². The number of urea groups is 1. The Kier molecular flexibility index (Phi) is 5.67. The summed E-state index contributed by atoms with van der Waals surface area (Å²) in [6.07, 6.45) is 1.79. The lowest BCUT2D eigenvalue weighted by molar-refractivity contribution is 0.254. The van der Waals surface area contributed by atoms with Gasteiger partial charge < -0.3 is 5.32 Å². The predicted octanol–water partition coefficient (Wildman–Crippen LogP) is 4.61. The normalized spacial score (nSPS) is 10.1. The Bertz CT molecular complexity index is 636. The van der Waals surface area contributed by atoms with Gasteiger partial charge in [0.05, 0.1) is 5.69 Å². The lowest BCUT2D eigenvalue weighted by atomic mass is 10.0. The van der Waals surface area contributed by atoms with Gasteiger partial charge in [0.25, 0.3) is 0 Å². The molecule has 0 radical (unpaired) electrons. The van der Waals surface area contributed by atoms with Crippen molar-refractivity contribution in [3.63, 3.8) is 0 Å². The first-order valence-electron chi connectivity index (χ1n) is 7.33. The molecular weight excluding hydrogens is 298 g/mol. The van der Waals surface area contributed by atoms with Crippen LogP contribution in [0.3, 0.4) is 0 Å². The Hall–Kier alpha value is -2.20. The van der Waals surface area contributed by atoms with Crippen LogP contribution in [0.25, 0.3) is 0 Å². The summed E-state index contributed by atoms with van der Waals surface area (Å²) < 4.78 is 0. The first-order valence-corrected chi connectivity index (χ1v) is 7.71. The van der Waals surface area contributed by atoms with Crippen LogP contribution in [0, 0.1) is 0 Å². The fourth-order valence-electron chi connectivity index (χ4n) is 2.25. The maximum Gasteiger partial charge on any atom is 0.337 e. The van der Waals surface area contributed by atoms with Crippen molar-refractivity contribution in [1.82, 2.24) is 5.43 Å². The number of nitrogens with one attached hydrogen (secondary N) is 3. The van der Waals surface area contributed by atoms with Crippen LogP contribution in [0.1, 0.15) is 25.0 Å². The molecule has 0 unspecified atom stereocenters. The van der Waals surface area contributed by atoms with Crippen molar-refractivity contribution in [3.05, 3.63) is 58.6 Å². The van der Waals surface area contributed by atoms with E-state index in [9.17, 15) is 4.79 Å². The number of rotatable bonds is 5. The molecule has 0 aliphatic carbocycles. The molecule has 0 aromatic heterocycles. The minimum atomic E-state index is -0.338. The zero-order valence-electron chi connectivity index (χ0n) is 12.7. The number of hydrogen-bond donors (Lipinski definition) is 3. The average Bonchev–Trinajstić information content (AvgIpc) is 2.52. The van der Waals surface area contributed by atoms with Gasteiger partial charge in [0.2, 0.25) is 0 Å². The summed E-state index contributed by atoms with van der Waals surface area (Å²) in [6, 6.07) is 12.8. The zero-order valence-corrected chi connectivity index (χ0v) is 13.5. The largest absolute Gasteiger partial charge is 0.337 e. The first-order chi connectivity index (χ1) is 10.6. The maximum atomic E-state index is 12.0. The van der Waals surface area contributed by atoms with Gasteiger partial charge in [-0.05, 0) is 42.2 Å². The number of hydrazine groups is 1. The van der Waals surface area contributed by atoms with E-state index < -0.39 is 0 Å². The van der Waals surface area contributed by atoms with Gasteiger partial charge >= 0.3 is 6.03 Å². The third-order valence-corrected chi connectivity index (χ3v) is 3.62. The number of hydrogen-bond acceptors (Lipinski definition) is 2. The van der Waals surface area contributed by atoms with Crippen molar-refractivity contribution in [3.8, 4) is 0 Å². The fourth-order valence-corrected chi connectivity index (χ4v) is 2.44. The molecule has 2 amide bonds. The van der Waals surface area contributed by atoms with Gasteiger partial charge in [-0.2, -0.15) is 0 Å². The fraction of sp³-hybridized carbons (Fsp3) is 0.235. The van der Waals surface area contributed by atoms with Crippen LogP contribution in [0.2, 0.25) is 5.02 Å². The minimum absolute atomic E-state index is 0.338. The minimum Gasteiger partial charge on any atom is -0.307 e. The molecule has 0 atom stereocenters. The summed E-state index contributed by atoms with van der Waals surface area (Å²) in [5.41, 5.74) is 9.65. The van der Waals surface area contributed by atoms with E-state index in [0.29, 0.717) is 10.7 Å². The monoisotopic (exact) mass is 317 g/mol.